The maximum atomic E-state index is 9.75. The quantitative estimate of drug-likeness (QED) is 0.446. The highest BCUT2D eigenvalue weighted by Gasteiger charge is 1.79. The lowest BCUT2D eigenvalue weighted by Crippen LogP contribution is -2.10. The minimum absolute atomic E-state index is 0.135. The van der Waals surface area contributed by atoms with Crippen LogP contribution in [0.4, 0.5) is 0 Å². The van der Waals surface area contributed by atoms with Gasteiger partial charge in [-0.25, -0.2) is 0 Å². The number of carbonyl (C=O) groups is 1. The molecule has 0 bridgehead atoms. The van der Waals surface area contributed by atoms with Gasteiger partial charge in [0, 0.05) is 0 Å². The molecule has 2 N–H and O–H groups in total. The van der Waals surface area contributed by atoms with Crippen LogP contribution >= 0.6 is 11.6 Å². The van der Waals surface area contributed by atoms with E-state index in [2.05, 4.69) is 0 Å². The van der Waals surface area contributed by atoms with E-state index in [9.17, 15) is 4.79 Å². The second kappa shape index (κ2) is 2.03. The first-order valence-electron chi connectivity index (χ1n) is 1.57. The molecule has 0 aliphatic carbocycles. The lowest BCUT2D eigenvalue weighted by molar-refractivity contribution is -0.115. The van der Waals surface area contributed by atoms with E-state index in [1.165, 1.54) is 0 Å². The molecule has 0 aromatic heterocycles. The van der Waals surface area contributed by atoms with Crippen LogP contribution in [0, 0.1) is 0 Å². The van der Waals surface area contributed by atoms with E-state index in [0.29, 0.717) is 0 Å². The predicted octanol–water partition coefficient (Wildman–Crippen LogP) is -0.290. The third kappa shape index (κ3) is 3.76. The van der Waals surface area contributed by atoms with E-state index in [0.717, 1.165) is 0 Å². The zero-order chi connectivity index (χ0) is 4.99. The average molecular weight is 94.5 g/mol. The van der Waals surface area contributed by atoms with Crippen molar-refractivity contribution in [1.82, 2.24) is 0 Å². The standard InChI is InChI=1S/C2H4ClNO/c3-1-2(4)5/h1H2,(H2,4,5)/i/hD. The summed E-state index contributed by atoms with van der Waals surface area (Å²) in [6.07, 6.45) is 0. The van der Waals surface area contributed by atoms with Crippen molar-refractivity contribution in [2.45, 2.75) is 0 Å². The zero-order valence-electron chi connectivity index (χ0n) is 3.49. The Kier molecular flexibility index (Phi) is 1.20. The summed E-state index contributed by atoms with van der Waals surface area (Å²) >= 11 is 4.92. The molecule has 2 nitrogen and oxygen atoms in total. The molecule has 0 atom stereocenters. The van der Waals surface area contributed by atoms with Crippen molar-refractivity contribution in [1.29, 1.82) is 0 Å². The minimum Gasteiger partial charge on any atom is -0.369 e. The van der Waals surface area contributed by atoms with E-state index < -0.39 is 5.91 Å². The molecule has 0 saturated heterocycles. The average Bonchev–Trinajstić information content (AvgIpc) is 1.65. The molecule has 0 unspecified atom stereocenters. The molecule has 0 heterocycles. The lowest BCUT2D eigenvalue weighted by atomic mass is 10.8. The third-order valence-electron chi connectivity index (χ3n) is 0.121. The van der Waals surface area contributed by atoms with Crippen LogP contribution < -0.4 is 5.73 Å². The number of hydrogen-bond acceptors (Lipinski definition) is 1. The Bertz CT molecular complexity index is 51.5. The fourth-order valence-corrected chi connectivity index (χ4v) is 0. The van der Waals surface area contributed by atoms with E-state index in [4.69, 9.17) is 13.0 Å². The van der Waals surface area contributed by atoms with E-state index in [1.807, 2.05) is 0 Å². The summed E-state index contributed by atoms with van der Waals surface area (Å²) in [7, 11) is 0. The zero-order valence-corrected chi connectivity index (χ0v) is 3.25. The van der Waals surface area contributed by atoms with Gasteiger partial charge in [0.25, 0.3) is 0 Å². The number of hydrogen-bond donors (Lipinski definition) is 1. The summed E-state index contributed by atoms with van der Waals surface area (Å²) in [4.78, 5) is 9.75. The predicted molar refractivity (Wildman–Crippen MR) is 19.9 cm³/mol. The van der Waals surface area contributed by atoms with Crippen LogP contribution in [-0.2, 0) is 4.79 Å². The number of nitrogens with two attached hydrogens (primary N) is 1. The second-order valence-corrected chi connectivity index (χ2v) is 0.824. The van der Waals surface area contributed by atoms with Gasteiger partial charge >= 0.3 is 0 Å². The van der Waals surface area contributed by atoms with Gasteiger partial charge < -0.3 is 5.73 Å². The molecular weight excluding hydrogens is 89.5 g/mol. The SMILES string of the molecule is [2H]NC(=O)CCl. The van der Waals surface area contributed by atoms with Gasteiger partial charge in [0.2, 0.25) is 5.91 Å². The highest BCUT2D eigenvalue weighted by molar-refractivity contribution is 6.27. The lowest BCUT2D eigenvalue weighted by Gasteiger charge is -1.71. The molecule has 0 spiro atoms. The molecule has 30 valence electrons. The number of primary amides is 1. The molecule has 0 aromatic rings. The van der Waals surface area contributed by atoms with E-state index in [-0.39, 0.29) is 5.88 Å². The largest absolute Gasteiger partial charge is 0.369 e. The third-order valence-corrected chi connectivity index (χ3v) is 0.364. The van der Waals surface area contributed by atoms with Gasteiger partial charge in [-0.3, -0.25) is 4.79 Å². The Morgan fingerprint density at radius 2 is 3.00 bits per heavy atom. The summed E-state index contributed by atoms with van der Waals surface area (Å²) in [6.45, 7) is 0. The Labute approximate surface area is 36.4 Å². The van der Waals surface area contributed by atoms with Crippen molar-refractivity contribution in [3.63, 3.8) is 0 Å². The van der Waals surface area contributed by atoms with Gasteiger partial charge in [-0.1, -0.05) is 0 Å². The molecule has 0 saturated carbocycles. The number of alkyl halides is 1. The Balaban J connectivity index is 2.99. The molecule has 5 heavy (non-hydrogen) atoms. The molecule has 0 rings (SSSR count). The molecule has 0 aromatic carbocycles. The summed E-state index contributed by atoms with van der Waals surface area (Å²) in [6, 6.07) is 0. The normalized spacial score (nSPS) is 9.40. The molecule has 1 amide bonds. The summed E-state index contributed by atoms with van der Waals surface area (Å²) in [5.41, 5.74) is 1.59. The first kappa shape index (κ1) is 2.97. The van der Waals surface area contributed by atoms with Gasteiger partial charge in [-0.05, 0) is 0 Å². The summed E-state index contributed by atoms with van der Waals surface area (Å²) < 4.78 is 6.12. The van der Waals surface area contributed by atoms with E-state index in [1.54, 1.807) is 5.73 Å². The summed E-state index contributed by atoms with van der Waals surface area (Å²) in [5, 5.41) is 0. The van der Waals surface area contributed by atoms with Crippen molar-refractivity contribution < 1.29 is 6.21 Å². The van der Waals surface area contributed by atoms with Gasteiger partial charge in [0.05, 0.1) is 0 Å². The Morgan fingerprint density at radius 3 is 3.00 bits per heavy atom. The highest BCUT2D eigenvalue weighted by Crippen LogP contribution is 1.64. The maximum absolute atomic E-state index is 9.75. The fourth-order valence-electron chi connectivity index (χ4n) is 0. The molecule has 0 radical (unpaired) electrons. The van der Waals surface area contributed by atoms with Crippen LogP contribution in [0.15, 0.2) is 0 Å². The molecule has 0 fully saturated rings. The van der Waals surface area contributed by atoms with Crippen molar-refractivity contribution in [2.75, 3.05) is 5.88 Å². The van der Waals surface area contributed by atoms with Crippen LogP contribution in [0.1, 0.15) is 0 Å². The second-order valence-electron chi connectivity index (χ2n) is 0.557. The Hall–Kier alpha value is -0.240. The maximum Gasteiger partial charge on any atom is 0.232 e. The minimum atomic E-state index is -0.475. The van der Waals surface area contributed by atoms with Crippen molar-refractivity contribution in [3.05, 3.63) is 0 Å². The van der Waals surface area contributed by atoms with E-state index >= 15 is 0 Å². The van der Waals surface area contributed by atoms with Gasteiger partial charge in [0.1, 0.15) is 5.88 Å². The monoisotopic (exact) mass is 94.0 g/mol. The molecule has 0 aliphatic rings. The molecular formula is C2H4ClNO. The van der Waals surface area contributed by atoms with Crippen molar-refractivity contribution >= 4 is 17.5 Å². The number of halogens is 1. The fraction of sp³-hybridized carbons (Fsp3) is 0.500. The van der Waals surface area contributed by atoms with Crippen molar-refractivity contribution in [3.8, 4) is 0 Å². The topological polar surface area (TPSA) is 43.1 Å². The first-order valence-corrected chi connectivity index (χ1v) is 1.61. The van der Waals surface area contributed by atoms with Crippen LogP contribution in [0.2, 0.25) is 1.41 Å². The van der Waals surface area contributed by atoms with Gasteiger partial charge in [-0.2, -0.15) is 0 Å². The smallest absolute Gasteiger partial charge is 0.232 e. The number of amides is 1. The van der Waals surface area contributed by atoms with Crippen molar-refractivity contribution in [2.24, 2.45) is 5.73 Å². The van der Waals surface area contributed by atoms with Crippen LogP contribution in [0.5, 0.6) is 0 Å². The van der Waals surface area contributed by atoms with Crippen LogP contribution in [-0.4, -0.2) is 11.8 Å². The highest BCUT2D eigenvalue weighted by atomic mass is 35.5. The first-order chi connectivity index (χ1) is 2.81. The molecule has 3 heteroatoms. The van der Waals surface area contributed by atoms with Gasteiger partial charge in [0.15, 0.2) is 1.41 Å². The molecule has 0 aliphatic heterocycles. The van der Waals surface area contributed by atoms with Crippen LogP contribution in [0.3, 0.4) is 0 Å². The van der Waals surface area contributed by atoms with Gasteiger partial charge in [-0.15, -0.1) is 11.6 Å². The number of rotatable bonds is 1. The number of carbonyl (C=O) groups excluding carboxylic acids is 1. The Morgan fingerprint density at radius 1 is 2.40 bits per heavy atom. The summed E-state index contributed by atoms with van der Waals surface area (Å²) in [5.74, 6) is -0.611. The van der Waals surface area contributed by atoms with Crippen LogP contribution in [0.25, 0.3) is 0 Å².